The molecule has 0 spiro atoms. The minimum atomic E-state index is -0.118. The van der Waals surface area contributed by atoms with Crippen LogP contribution in [0.2, 0.25) is 0 Å². The molecule has 1 heterocycles. The Morgan fingerprint density at radius 2 is 1.87 bits per heavy atom. The molecule has 3 rings (SSSR count). The highest BCUT2D eigenvalue weighted by atomic mass is 16.3. The third kappa shape index (κ3) is 4.49. The Morgan fingerprint density at radius 3 is 2.48 bits per heavy atom. The molecule has 1 aliphatic heterocycles. The molecule has 0 aromatic heterocycles. The van der Waals surface area contributed by atoms with E-state index in [1.54, 1.807) is 0 Å². The smallest absolute Gasteiger partial charge is 0.0578 e. The minimum Gasteiger partial charge on any atom is -0.393 e. The molecule has 3 fully saturated rings. The third-order valence-corrected chi connectivity index (χ3v) is 6.94. The molecular formula is C20H38N2O. The Kier molecular flexibility index (Phi) is 6.39. The molecule has 3 aliphatic rings. The Balaban J connectivity index is 1.54. The summed E-state index contributed by atoms with van der Waals surface area (Å²) < 4.78 is 0. The summed E-state index contributed by atoms with van der Waals surface area (Å²) in [4.78, 5) is 2.71. The Bertz CT molecular complexity index is 356. The van der Waals surface area contributed by atoms with Crippen molar-refractivity contribution in [3.05, 3.63) is 0 Å². The number of nitrogens with zero attached hydrogens (tertiary/aromatic N) is 1. The van der Waals surface area contributed by atoms with Gasteiger partial charge >= 0.3 is 0 Å². The predicted octanol–water partition coefficient (Wildman–Crippen LogP) is 3.42. The number of piperidine rings is 1. The normalized spacial score (nSPS) is 38.2. The average Bonchev–Trinajstić information content (AvgIpc) is 2.58. The molecule has 2 N–H and O–H groups in total. The average molecular weight is 323 g/mol. The van der Waals surface area contributed by atoms with Gasteiger partial charge in [0.2, 0.25) is 0 Å². The van der Waals surface area contributed by atoms with Crippen LogP contribution in [0.3, 0.4) is 0 Å². The standard InChI is InChI=1S/C20H38N2O/c1-3-20(23)17-11-18(21-12-16-7-5-4-6-8-16)14-22(13-17)19-10-9-15(19)2/h15-21,23H,3-14H2,1-2H3. The maximum atomic E-state index is 10.4. The van der Waals surface area contributed by atoms with Gasteiger partial charge in [-0.1, -0.05) is 33.1 Å². The van der Waals surface area contributed by atoms with Crippen LogP contribution in [0.4, 0.5) is 0 Å². The van der Waals surface area contributed by atoms with Gasteiger partial charge < -0.3 is 10.4 Å². The van der Waals surface area contributed by atoms with Crippen molar-refractivity contribution in [3.8, 4) is 0 Å². The van der Waals surface area contributed by atoms with Gasteiger partial charge in [0, 0.05) is 25.2 Å². The highest BCUT2D eigenvalue weighted by molar-refractivity contribution is 4.94. The van der Waals surface area contributed by atoms with E-state index in [9.17, 15) is 5.11 Å². The van der Waals surface area contributed by atoms with Gasteiger partial charge in [-0.3, -0.25) is 4.90 Å². The molecular weight excluding hydrogens is 284 g/mol. The summed E-state index contributed by atoms with van der Waals surface area (Å²) in [5.74, 6) is 2.22. The van der Waals surface area contributed by atoms with E-state index < -0.39 is 0 Å². The third-order valence-electron chi connectivity index (χ3n) is 6.94. The van der Waals surface area contributed by atoms with E-state index in [4.69, 9.17) is 0 Å². The van der Waals surface area contributed by atoms with E-state index in [1.165, 1.54) is 64.5 Å². The van der Waals surface area contributed by atoms with E-state index in [2.05, 4.69) is 24.1 Å². The number of hydrogen-bond acceptors (Lipinski definition) is 3. The van der Waals surface area contributed by atoms with Gasteiger partial charge in [0.25, 0.3) is 0 Å². The molecule has 1 saturated heterocycles. The minimum absolute atomic E-state index is 0.118. The fourth-order valence-corrected chi connectivity index (χ4v) is 5.12. The van der Waals surface area contributed by atoms with Gasteiger partial charge in [-0.25, -0.2) is 0 Å². The highest BCUT2D eigenvalue weighted by Gasteiger charge is 2.39. The van der Waals surface area contributed by atoms with Gasteiger partial charge in [-0.15, -0.1) is 0 Å². The number of nitrogens with one attached hydrogen (secondary N) is 1. The lowest BCUT2D eigenvalue weighted by Crippen LogP contribution is -2.58. The Labute approximate surface area is 143 Å². The molecule has 0 radical (unpaired) electrons. The second-order valence-electron chi connectivity index (χ2n) is 8.66. The summed E-state index contributed by atoms with van der Waals surface area (Å²) in [5.41, 5.74) is 0. The summed E-state index contributed by atoms with van der Waals surface area (Å²) in [5, 5.41) is 14.3. The summed E-state index contributed by atoms with van der Waals surface area (Å²) in [6.07, 6.45) is 11.8. The molecule has 3 nitrogen and oxygen atoms in total. The van der Waals surface area contributed by atoms with Crippen molar-refractivity contribution < 1.29 is 5.11 Å². The molecule has 23 heavy (non-hydrogen) atoms. The van der Waals surface area contributed by atoms with E-state index in [0.29, 0.717) is 12.0 Å². The first-order valence-electron chi connectivity index (χ1n) is 10.3. The quantitative estimate of drug-likeness (QED) is 0.786. The van der Waals surface area contributed by atoms with Crippen molar-refractivity contribution in [1.82, 2.24) is 10.2 Å². The second kappa shape index (κ2) is 8.31. The molecule has 2 saturated carbocycles. The number of likely N-dealkylation sites (tertiary alicyclic amines) is 1. The highest BCUT2D eigenvalue weighted by Crippen LogP contribution is 2.35. The van der Waals surface area contributed by atoms with Crippen molar-refractivity contribution in [1.29, 1.82) is 0 Å². The fourth-order valence-electron chi connectivity index (χ4n) is 5.12. The number of hydrogen-bond donors (Lipinski definition) is 2. The first-order chi connectivity index (χ1) is 11.2. The zero-order chi connectivity index (χ0) is 16.2. The van der Waals surface area contributed by atoms with Crippen LogP contribution < -0.4 is 5.32 Å². The molecule has 0 amide bonds. The molecule has 0 bridgehead atoms. The van der Waals surface area contributed by atoms with Crippen LogP contribution in [0.5, 0.6) is 0 Å². The van der Waals surface area contributed by atoms with Crippen molar-refractivity contribution in [2.24, 2.45) is 17.8 Å². The molecule has 5 unspecified atom stereocenters. The molecule has 3 heteroatoms. The summed E-state index contributed by atoms with van der Waals surface area (Å²) in [7, 11) is 0. The number of rotatable bonds is 6. The van der Waals surface area contributed by atoms with Gasteiger partial charge in [0.1, 0.15) is 0 Å². The van der Waals surface area contributed by atoms with Crippen LogP contribution in [0.1, 0.15) is 71.6 Å². The van der Waals surface area contributed by atoms with Crippen molar-refractivity contribution in [3.63, 3.8) is 0 Å². The van der Waals surface area contributed by atoms with Gasteiger partial charge in [-0.2, -0.15) is 0 Å². The number of aliphatic hydroxyl groups excluding tert-OH is 1. The van der Waals surface area contributed by atoms with E-state index in [1.807, 2.05) is 0 Å². The summed E-state index contributed by atoms with van der Waals surface area (Å²) in [6, 6.07) is 1.37. The summed E-state index contributed by atoms with van der Waals surface area (Å²) >= 11 is 0. The largest absolute Gasteiger partial charge is 0.393 e. The van der Waals surface area contributed by atoms with Gasteiger partial charge in [0.05, 0.1) is 6.10 Å². The number of aliphatic hydroxyl groups is 1. The topological polar surface area (TPSA) is 35.5 Å². The lowest BCUT2D eigenvalue weighted by molar-refractivity contribution is -0.0166. The molecule has 2 aliphatic carbocycles. The SMILES string of the molecule is CCC(O)C1CC(NCC2CCCCC2)CN(C2CCC2C)C1. The van der Waals surface area contributed by atoms with E-state index >= 15 is 0 Å². The maximum absolute atomic E-state index is 10.4. The lowest BCUT2D eigenvalue weighted by Gasteiger charge is -2.49. The van der Waals surface area contributed by atoms with E-state index in [-0.39, 0.29) is 6.10 Å². The fraction of sp³-hybridized carbons (Fsp3) is 1.00. The first kappa shape index (κ1) is 17.7. The molecule has 0 aromatic rings. The molecule has 134 valence electrons. The van der Waals surface area contributed by atoms with Gasteiger partial charge in [0.15, 0.2) is 0 Å². The van der Waals surface area contributed by atoms with E-state index in [0.717, 1.165) is 30.8 Å². The second-order valence-corrected chi connectivity index (χ2v) is 8.66. The Hall–Kier alpha value is -0.120. The van der Waals surface area contributed by atoms with Crippen LogP contribution in [0, 0.1) is 17.8 Å². The lowest BCUT2D eigenvalue weighted by atomic mass is 9.77. The van der Waals surface area contributed by atoms with Gasteiger partial charge in [-0.05, 0) is 62.8 Å². The van der Waals surface area contributed by atoms with Crippen molar-refractivity contribution >= 4 is 0 Å². The zero-order valence-corrected chi connectivity index (χ0v) is 15.3. The predicted molar refractivity (Wildman–Crippen MR) is 96.5 cm³/mol. The molecule has 5 atom stereocenters. The van der Waals surface area contributed by atoms with Crippen molar-refractivity contribution in [2.75, 3.05) is 19.6 Å². The zero-order valence-electron chi connectivity index (χ0n) is 15.3. The van der Waals surface area contributed by atoms with Crippen LogP contribution >= 0.6 is 0 Å². The van der Waals surface area contributed by atoms with Crippen LogP contribution in [0.25, 0.3) is 0 Å². The first-order valence-corrected chi connectivity index (χ1v) is 10.3. The maximum Gasteiger partial charge on any atom is 0.0578 e. The van der Waals surface area contributed by atoms with Crippen LogP contribution in [-0.4, -0.2) is 47.8 Å². The molecule has 0 aromatic carbocycles. The summed E-state index contributed by atoms with van der Waals surface area (Å²) in [6.45, 7) is 8.05. The van der Waals surface area contributed by atoms with Crippen LogP contribution in [-0.2, 0) is 0 Å². The van der Waals surface area contributed by atoms with Crippen LogP contribution in [0.15, 0.2) is 0 Å². The van der Waals surface area contributed by atoms with Crippen molar-refractivity contribution in [2.45, 2.75) is 89.8 Å². The monoisotopic (exact) mass is 322 g/mol. The Morgan fingerprint density at radius 1 is 1.09 bits per heavy atom.